The second-order valence-electron chi connectivity index (χ2n) is 4.36. The van der Waals surface area contributed by atoms with Gasteiger partial charge in [-0.15, -0.1) is 0 Å². The van der Waals surface area contributed by atoms with Crippen molar-refractivity contribution in [3.8, 4) is 5.75 Å². The smallest absolute Gasteiger partial charge is 0.196 e. The van der Waals surface area contributed by atoms with E-state index in [1.165, 1.54) is 6.26 Å². The first-order valence-corrected chi connectivity index (χ1v) is 5.78. The number of hydrogen-bond donors (Lipinski definition) is 0. The number of hydrogen-bond acceptors (Lipinski definition) is 3. The van der Waals surface area contributed by atoms with E-state index in [0.717, 1.165) is 16.9 Å². The summed E-state index contributed by atoms with van der Waals surface area (Å²) in [7, 11) is 1.64. The van der Waals surface area contributed by atoms with Crippen LogP contribution in [0.2, 0.25) is 0 Å². The molecule has 0 fully saturated rings. The molecule has 3 nitrogen and oxygen atoms in total. The molecular formula is C15H16O3. The van der Waals surface area contributed by atoms with E-state index in [1.807, 2.05) is 26.0 Å². The molecule has 3 heteroatoms. The summed E-state index contributed by atoms with van der Waals surface area (Å²) in [5.74, 6) is 1.46. The molecule has 1 aromatic carbocycles. The lowest BCUT2D eigenvalue weighted by atomic mass is 9.99. The topological polar surface area (TPSA) is 39.4 Å². The molecule has 0 saturated carbocycles. The number of ether oxygens (including phenoxy) is 1. The lowest BCUT2D eigenvalue weighted by Gasteiger charge is -2.10. The van der Waals surface area contributed by atoms with Crippen LogP contribution in [0.25, 0.3) is 0 Å². The standard InChI is InChI=1S/C15H16O3/c1-9-7-12(8-10(2)15(9)17-4)14(16)13-5-6-18-11(13)3/h5-8H,1-4H3. The first-order chi connectivity index (χ1) is 8.54. The molecular weight excluding hydrogens is 228 g/mol. The largest absolute Gasteiger partial charge is 0.496 e. The Labute approximate surface area is 106 Å². The second kappa shape index (κ2) is 4.69. The fourth-order valence-corrected chi connectivity index (χ4v) is 2.18. The van der Waals surface area contributed by atoms with E-state index in [4.69, 9.17) is 9.15 Å². The monoisotopic (exact) mass is 244 g/mol. The average molecular weight is 244 g/mol. The van der Waals surface area contributed by atoms with Crippen LogP contribution in [0.1, 0.15) is 32.8 Å². The van der Waals surface area contributed by atoms with E-state index in [9.17, 15) is 4.79 Å². The number of ketones is 1. The minimum atomic E-state index is -0.0184. The molecule has 0 saturated heterocycles. The minimum Gasteiger partial charge on any atom is -0.496 e. The van der Waals surface area contributed by atoms with Gasteiger partial charge in [-0.1, -0.05) is 0 Å². The second-order valence-corrected chi connectivity index (χ2v) is 4.36. The highest BCUT2D eigenvalue weighted by atomic mass is 16.5. The highest BCUT2D eigenvalue weighted by Crippen LogP contribution is 2.26. The van der Waals surface area contributed by atoms with Gasteiger partial charge in [0.1, 0.15) is 11.5 Å². The van der Waals surface area contributed by atoms with Crippen LogP contribution < -0.4 is 4.74 Å². The zero-order chi connectivity index (χ0) is 13.3. The van der Waals surface area contributed by atoms with Crippen LogP contribution in [0.5, 0.6) is 5.75 Å². The van der Waals surface area contributed by atoms with Crippen LogP contribution in [0.4, 0.5) is 0 Å². The summed E-state index contributed by atoms with van der Waals surface area (Å²) in [6.07, 6.45) is 1.53. The predicted octanol–water partition coefficient (Wildman–Crippen LogP) is 3.44. The summed E-state index contributed by atoms with van der Waals surface area (Å²) in [5, 5.41) is 0. The first-order valence-electron chi connectivity index (χ1n) is 5.78. The molecule has 0 amide bonds. The van der Waals surface area contributed by atoms with Gasteiger partial charge in [-0.05, 0) is 50.1 Å². The van der Waals surface area contributed by atoms with Gasteiger partial charge in [-0.3, -0.25) is 4.79 Å². The number of aryl methyl sites for hydroxylation is 3. The molecule has 0 spiro atoms. The maximum atomic E-state index is 12.3. The Morgan fingerprint density at radius 3 is 2.22 bits per heavy atom. The maximum Gasteiger partial charge on any atom is 0.196 e. The van der Waals surface area contributed by atoms with Gasteiger partial charge in [-0.2, -0.15) is 0 Å². The summed E-state index contributed by atoms with van der Waals surface area (Å²) in [6.45, 7) is 5.66. The normalized spacial score (nSPS) is 10.4. The Morgan fingerprint density at radius 2 is 1.78 bits per heavy atom. The van der Waals surface area contributed by atoms with E-state index in [1.54, 1.807) is 20.1 Å². The van der Waals surface area contributed by atoms with Gasteiger partial charge in [0.15, 0.2) is 5.78 Å². The van der Waals surface area contributed by atoms with E-state index >= 15 is 0 Å². The van der Waals surface area contributed by atoms with Crippen molar-refractivity contribution in [3.63, 3.8) is 0 Å². The van der Waals surface area contributed by atoms with Crippen molar-refractivity contribution in [2.24, 2.45) is 0 Å². The van der Waals surface area contributed by atoms with Gasteiger partial charge in [0, 0.05) is 5.56 Å². The molecule has 2 rings (SSSR count). The van der Waals surface area contributed by atoms with E-state index in [2.05, 4.69) is 0 Å². The third kappa shape index (κ3) is 2.04. The summed E-state index contributed by atoms with van der Waals surface area (Å²) in [6, 6.07) is 5.40. The lowest BCUT2D eigenvalue weighted by molar-refractivity contribution is 0.103. The first kappa shape index (κ1) is 12.4. The molecule has 0 aliphatic rings. The van der Waals surface area contributed by atoms with Gasteiger partial charge in [0.2, 0.25) is 0 Å². The van der Waals surface area contributed by atoms with Crippen LogP contribution in [-0.2, 0) is 0 Å². The van der Waals surface area contributed by atoms with Crippen molar-refractivity contribution in [1.82, 2.24) is 0 Å². The lowest BCUT2D eigenvalue weighted by Crippen LogP contribution is -2.03. The Balaban J connectivity index is 2.47. The molecule has 0 bridgehead atoms. The van der Waals surface area contributed by atoms with Crippen LogP contribution in [0.15, 0.2) is 28.9 Å². The number of methoxy groups -OCH3 is 1. The fourth-order valence-electron chi connectivity index (χ4n) is 2.18. The molecule has 2 aromatic rings. The van der Waals surface area contributed by atoms with Crippen LogP contribution in [0.3, 0.4) is 0 Å². The SMILES string of the molecule is COc1c(C)cc(C(=O)c2ccoc2C)cc1C. The molecule has 0 atom stereocenters. The molecule has 0 N–H and O–H groups in total. The molecule has 1 aromatic heterocycles. The molecule has 0 radical (unpaired) electrons. The maximum absolute atomic E-state index is 12.3. The molecule has 0 unspecified atom stereocenters. The van der Waals surface area contributed by atoms with Crippen LogP contribution in [0, 0.1) is 20.8 Å². The Hall–Kier alpha value is -2.03. The summed E-state index contributed by atoms with van der Waals surface area (Å²) in [4.78, 5) is 12.3. The van der Waals surface area contributed by atoms with E-state index in [0.29, 0.717) is 16.9 Å². The average Bonchev–Trinajstić information content (AvgIpc) is 2.74. The number of rotatable bonds is 3. The van der Waals surface area contributed by atoms with Gasteiger partial charge in [0.05, 0.1) is 18.9 Å². The number of furan rings is 1. The highest BCUT2D eigenvalue weighted by Gasteiger charge is 2.16. The minimum absolute atomic E-state index is 0.0184. The number of carbonyl (C=O) groups excluding carboxylic acids is 1. The third-order valence-corrected chi connectivity index (χ3v) is 3.03. The molecule has 18 heavy (non-hydrogen) atoms. The Morgan fingerprint density at radius 1 is 1.17 bits per heavy atom. The van der Waals surface area contributed by atoms with Crippen LogP contribution >= 0.6 is 0 Å². The van der Waals surface area contributed by atoms with Crippen molar-refractivity contribution in [1.29, 1.82) is 0 Å². The quantitative estimate of drug-likeness (QED) is 0.776. The molecule has 0 aliphatic carbocycles. The van der Waals surface area contributed by atoms with Crippen molar-refractivity contribution in [2.75, 3.05) is 7.11 Å². The summed E-state index contributed by atoms with van der Waals surface area (Å²) in [5.41, 5.74) is 3.19. The molecule has 0 aliphatic heterocycles. The predicted molar refractivity (Wildman–Crippen MR) is 69.3 cm³/mol. The van der Waals surface area contributed by atoms with Crippen molar-refractivity contribution < 1.29 is 13.9 Å². The van der Waals surface area contributed by atoms with Crippen LogP contribution in [-0.4, -0.2) is 12.9 Å². The summed E-state index contributed by atoms with van der Waals surface area (Å²) < 4.78 is 10.5. The highest BCUT2D eigenvalue weighted by molar-refractivity contribution is 6.09. The van der Waals surface area contributed by atoms with E-state index in [-0.39, 0.29) is 5.78 Å². The number of benzene rings is 1. The molecule has 94 valence electrons. The molecule has 1 heterocycles. The third-order valence-electron chi connectivity index (χ3n) is 3.03. The Kier molecular flexibility index (Phi) is 3.24. The van der Waals surface area contributed by atoms with Crippen molar-refractivity contribution >= 4 is 5.78 Å². The van der Waals surface area contributed by atoms with Gasteiger partial charge >= 0.3 is 0 Å². The fraction of sp³-hybridized carbons (Fsp3) is 0.267. The number of carbonyl (C=O) groups is 1. The van der Waals surface area contributed by atoms with E-state index < -0.39 is 0 Å². The Bertz CT molecular complexity index is 571. The van der Waals surface area contributed by atoms with Gasteiger partial charge < -0.3 is 9.15 Å². The van der Waals surface area contributed by atoms with Crippen molar-refractivity contribution in [2.45, 2.75) is 20.8 Å². The van der Waals surface area contributed by atoms with Gasteiger partial charge in [0.25, 0.3) is 0 Å². The van der Waals surface area contributed by atoms with Crippen molar-refractivity contribution in [3.05, 3.63) is 52.5 Å². The summed E-state index contributed by atoms with van der Waals surface area (Å²) >= 11 is 0. The zero-order valence-electron chi connectivity index (χ0n) is 11.0. The van der Waals surface area contributed by atoms with Gasteiger partial charge in [-0.25, -0.2) is 0 Å². The zero-order valence-corrected chi connectivity index (χ0v) is 11.0.